The third-order valence-corrected chi connectivity index (χ3v) is 8.43. The molecule has 0 unspecified atom stereocenters. The van der Waals surface area contributed by atoms with E-state index in [4.69, 9.17) is 20.4 Å². The minimum Gasteiger partial charge on any atom is -0.475 e. The highest BCUT2D eigenvalue weighted by Crippen LogP contribution is 2.40. The van der Waals surface area contributed by atoms with Crippen molar-refractivity contribution in [3.05, 3.63) is 35.2 Å². The lowest BCUT2D eigenvalue weighted by molar-refractivity contribution is -0.192. The average molecular weight is 614 g/mol. The van der Waals surface area contributed by atoms with Crippen LogP contribution < -0.4 is 11.1 Å². The Morgan fingerprint density at radius 3 is 2.36 bits per heavy atom. The van der Waals surface area contributed by atoms with E-state index in [-0.39, 0.29) is 40.0 Å². The zero-order valence-corrected chi connectivity index (χ0v) is 23.6. The van der Waals surface area contributed by atoms with Crippen LogP contribution in [-0.2, 0) is 25.9 Å². The summed E-state index contributed by atoms with van der Waals surface area (Å²) in [5.41, 5.74) is 7.57. The number of sulfone groups is 1. The van der Waals surface area contributed by atoms with Gasteiger partial charge in [0, 0.05) is 43.7 Å². The lowest BCUT2D eigenvalue weighted by Crippen LogP contribution is -2.39. The van der Waals surface area contributed by atoms with Gasteiger partial charge in [0.05, 0.1) is 22.3 Å². The van der Waals surface area contributed by atoms with Crippen LogP contribution in [0.1, 0.15) is 59.0 Å². The maximum absolute atomic E-state index is 13.2. The van der Waals surface area contributed by atoms with Crippen LogP contribution in [0.2, 0.25) is 0 Å². The fourth-order valence-electron chi connectivity index (χ4n) is 4.84. The Morgan fingerprint density at radius 1 is 1.19 bits per heavy atom. The Bertz CT molecular complexity index is 1510. The van der Waals surface area contributed by atoms with Gasteiger partial charge >= 0.3 is 12.1 Å². The van der Waals surface area contributed by atoms with Gasteiger partial charge in [-0.1, -0.05) is 0 Å². The monoisotopic (exact) mass is 613 g/mol. The molecule has 228 valence electrons. The van der Waals surface area contributed by atoms with Crippen LogP contribution in [0.25, 0.3) is 11.3 Å². The fourth-order valence-corrected chi connectivity index (χ4v) is 5.77. The van der Waals surface area contributed by atoms with Crippen molar-refractivity contribution < 1.29 is 45.8 Å². The van der Waals surface area contributed by atoms with E-state index in [0.717, 1.165) is 19.1 Å². The van der Waals surface area contributed by atoms with Gasteiger partial charge < -0.3 is 25.8 Å². The zero-order chi connectivity index (χ0) is 31.0. The smallest absolute Gasteiger partial charge is 0.475 e. The quantitative estimate of drug-likeness (QED) is 0.438. The number of anilines is 1. The summed E-state index contributed by atoms with van der Waals surface area (Å²) in [7, 11) is -3.71. The molecule has 1 aliphatic carbocycles. The first-order valence-corrected chi connectivity index (χ1v) is 15.0. The topological polar surface area (TPSA) is 182 Å². The summed E-state index contributed by atoms with van der Waals surface area (Å²) in [4.78, 5) is 45.3. The molecule has 1 saturated heterocycles. The maximum Gasteiger partial charge on any atom is 0.490 e. The first kappa shape index (κ1) is 31.2. The highest BCUT2D eigenvalue weighted by atomic mass is 32.2. The molecule has 2 fully saturated rings. The van der Waals surface area contributed by atoms with Gasteiger partial charge in [-0.2, -0.15) is 13.2 Å². The molecule has 2 amide bonds. The van der Waals surface area contributed by atoms with E-state index in [0.29, 0.717) is 55.3 Å². The predicted molar refractivity (Wildman–Crippen MR) is 142 cm³/mol. The number of nitrogens with two attached hydrogens (primary N) is 1. The van der Waals surface area contributed by atoms with E-state index in [1.54, 1.807) is 11.0 Å². The molecule has 3 heterocycles. The number of carboxylic acid groups (broad SMARTS) is 1. The Kier molecular flexibility index (Phi) is 8.78. The third-order valence-electron chi connectivity index (χ3n) is 7.31. The number of hydrogen-bond donors (Lipinski definition) is 3. The first-order valence-electron chi connectivity index (χ1n) is 13.1. The van der Waals surface area contributed by atoms with Gasteiger partial charge in [-0.3, -0.25) is 9.59 Å². The molecule has 1 aromatic carbocycles. The number of aromatic nitrogens is 2. The van der Waals surface area contributed by atoms with Gasteiger partial charge in [0.15, 0.2) is 21.3 Å². The highest BCUT2D eigenvalue weighted by Gasteiger charge is 2.41. The molecule has 1 atom stereocenters. The van der Waals surface area contributed by atoms with Crippen LogP contribution in [0.15, 0.2) is 23.2 Å². The molecule has 3 aliphatic rings. The van der Waals surface area contributed by atoms with Crippen LogP contribution >= 0.6 is 0 Å². The number of aliphatic carboxylic acids is 1. The van der Waals surface area contributed by atoms with Gasteiger partial charge in [0.1, 0.15) is 0 Å². The first-order chi connectivity index (χ1) is 19.6. The Balaban J connectivity index is 0.000000517. The molecule has 5 rings (SSSR count). The number of carboxylic acids is 1. The molecule has 0 bridgehead atoms. The number of amides is 2. The van der Waals surface area contributed by atoms with Crippen molar-refractivity contribution in [2.75, 3.05) is 25.2 Å². The van der Waals surface area contributed by atoms with Crippen LogP contribution in [0.5, 0.6) is 0 Å². The lowest BCUT2D eigenvalue weighted by atomic mass is 10.0. The Hall–Kier alpha value is -3.79. The van der Waals surface area contributed by atoms with Crippen LogP contribution in [0.3, 0.4) is 0 Å². The number of rotatable bonds is 6. The molecule has 4 N–H and O–H groups in total. The number of benzene rings is 1. The van der Waals surface area contributed by atoms with Gasteiger partial charge in [-0.05, 0) is 56.2 Å². The third kappa shape index (κ3) is 6.98. The predicted octanol–water partition coefficient (Wildman–Crippen LogP) is 2.43. The second kappa shape index (κ2) is 11.8. The normalized spacial score (nSPS) is 18.1. The summed E-state index contributed by atoms with van der Waals surface area (Å²) in [6.07, 6.45) is 0.969. The fraction of sp³-hybridized carbons (Fsp3) is 0.500. The van der Waals surface area contributed by atoms with E-state index in [1.807, 2.05) is 6.92 Å². The second-order valence-electron chi connectivity index (χ2n) is 10.4. The number of nitrogens with one attached hydrogen (secondary N) is 1. The van der Waals surface area contributed by atoms with Crippen molar-refractivity contribution >= 4 is 33.4 Å². The molecule has 0 spiro atoms. The summed E-state index contributed by atoms with van der Waals surface area (Å²) in [5.74, 6) is -3.01. The maximum atomic E-state index is 13.2. The summed E-state index contributed by atoms with van der Waals surface area (Å²) in [6.45, 7) is 3.49. The van der Waals surface area contributed by atoms with Gasteiger partial charge in [0.2, 0.25) is 0 Å². The number of halogens is 3. The van der Waals surface area contributed by atoms with Crippen molar-refractivity contribution in [1.82, 2.24) is 20.2 Å². The number of fused-ring (bicyclic) bond motifs is 1. The molecule has 0 radical (unpaired) electrons. The van der Waals surface area contributed by atoms with Crippen LogP contribution in [0.4, 0.5) is 19.0 Å². The zero-order valence-electron chi connectivity index (χ0n) is 22.8. The summed E-state index contributed by atoms with van der Waals surface area (Å²) in [6, 6.07) is 3.21. The Morgan fingerprint density at radius 2 is 1.81 bits per heavy atom. The highest BCUT2D eigenvalue weighted by molar-refractivity contribution is 7.90. The van der Waals surface area contributed by atoms with E-state index >= 15 is 0 Å². The number of nitrogens with zero attached hydrogens (tertiary/aromatic N) is 3. The van der Waals surface area contributed by atoms with Crippen molar-refractivity contribution in [1.29, 1.82) is 0 Å². The number of carbonyl (C=O) groups excluding carboxylic acids is 2. The number of hydrogen-bond acceptors (Lipinski definition) is 9. The van der Waals surface area contributed by atoms with Crippen molar-refractivity contribution in [2.24, 2.45) is 5.92 Å². The van der Waals surface area contributed by atoms with Crippen molar-refractivity contribution in [3.8, 4) is 11.3 Å². The van der Waals surface area contributed by atoms with Gasteiger partial charge in [-0.25, -0.2) is 23.2 Å². The second-order valence-corrected chi connectivity index (χ2v) is 12.4. The number of ether oxygens (including phenoxy) is 1. The van der Waals surface area contributed by atoms with Crippen molar-refractivity contribution in [2.45, 2.75) is 62.3 Å². The molecular weight excluding hydrogens is 583 g/mol. The number of nitrogen functional groups attached to an aromatic ring is 1. The van der Waals surface area contributed by atoms with Crippen LogP contribution in [-0.4, -0.2) is 83.9 Å². The molecular formula is C26H30F3N5O7S. The van der Waals surface area contributed by atoms with E-state index in [2.05, 4.69) is 15.3 Å². The summed E-state index contributed by atoms with van der Waals surface area (Å²) in [5, 5.41) is 10.0. The molecule has 1 aromatic heterocycles. The average Bonchev–Trinajstić information content (AvgIpc) is 3.71. The largest absolute Gasteiger partial charge is 0.490 e. The number of alkyl halides is 3. The SMILES string of the molecule is C[C@@H](C1CC1)N1Cc2cc(-c3cnc(N)c(C(=O)NC4CCOCC4)n3)cc(S(C)(=O)=O)c2C1=O.O=C(O)C(F)(F)F. The van der Waals surface area contributed by atoms with E-state index in [9.17, 15) is 31.2 Å². The number of carbonyl (C=O) groups is 3. The Labute approximate surface area is 239 Å². The standard InChI is InChI=1S/C24H29N5O5S.C2HF3O2/c1-13(14-3-4-14)29-12-16-9-15(10-19(35(2,32)33)20(16)24(29)31)18-11-26-22(25)21(28-18)23(30)27-17-5-7-34-8-6-17;3-2(4,5)1(6)7/h9-11,13-14,17H,3-8,12H2,1-2H3,(H2,25,26)(H,27,30);(H,6,7)/t13-;/m0./s1. The van der Waals surface area contributed by atoms with Gasteiger partial charge in [0.25, 0.3) is 11.8 Å². The van der Waals surface area contributed by atoms with Gasteiger partial charge in [-0.15, -0.1) is 0 Å². The molecule has 12 nitrogen and oxygen atoms in total. The molecule has 1 saturated carbocycles. The van der Waals surface area contributed by atoms with Crippen LogP contribution in [0, 0.1) is 5.92 Å². The molecule has 42 heavy (non-hydrogen) atoms. The summed E-state index contributed by atoms with van der Waals surface area (Å²) >= 11 is 0. The molecule has 2 aliphatic heterocycles. The van der Waals surface area contributed by atoms with E-state index < -0.39 is 27.9 Å². The van der Waals surface area contributed by atoms with Crippen molar-refractivity contribution in [3.63, 3.8) is 0 Å². The minimum atomic E-state index is -5.08. The lowest BCUT2D eigenvalue weighted by Gasteiger charge is -2.24. The molecule has 16 heteroatoms. The van der Waals surface area contributed by atoms with E-state index in [1.165, 1.54) is 12.3 Å². The molecule has 2 aromatic rings. The minimum absolute atomic E-state index is 0.0117. The summed E-state index contributed by atoms with van der Waals surface area (Å²) < 4.78 is 62.5.